The fourth-order valence-electron chi connectivity index (χ4n) is 4.44. The molecule has 2 aromatic carbocycles. The fourth-order valence-corrected chi connectivity index (χ4v) is 4.74. The van der Waals surface area contributed by atoms with E-state index in [1.807, 2.05) is 0 Å². The van der Waals surface area contributed by atoms with Crippen molar-refractivity contribution in [3.63, 3.8) is 0 Å². The van der Waals surface area contributed by atoms with Crippen LogP contribution in [-0.2, 0) is 13.1 Å². The van der Waals surface area contributed by atoms with E-state index in [-0.39, 0.29) is 30.3 Å². The van der Waals surface area contributed by atoms with E-state index >= 15 is 0 Å². The van der Waals surface area contributed by atoms with Crippen molar-refractivity contribution in [2.45, 2.75) is 38.1 Å². The number of aromatic nitrogens is 2. The van der Waals surface area contributed by atoms with Gasteiger partial charge in [-0.3, -0.25) is 9.48 Å². The van der Waals surface area contributed by atoms with Crippen LogP contribution in [0.15, 0.2) is 42.5 Å². The highest BCUT2D eigenvalue weighted by Crippen LogP contribution is 2.33. The number of carbonyl (C=O) groups is 2. The number of fused-ring (bicyclic) bond motifs is 1. The number of halogens is 2. The maximum absolute atomic E-state index is 13.0. The third kappa shape index (κ3) is 4.70. The number of amides is 3. The van der Waals surface area contributed by atoms with Crippen molar-refractivity contribution in [2.75, 3.05) is 6.54 Å². The molecular formula is C25H22Cl2N6O3. The number of nitrogens with two attached hydrogens (primary N) is 1. The van der Waals surface area contributed by atoms with Crippen molar-refractivity contribution in [3.8, 4) is 23.1 Å². The molecule has 2 heterocycles. The molecule has 0 saturated heterocycles. The molecule has 5 rings (SSSR count). The van der Waals surface area contributed by atoms with Crippen LogP contribution in [0.1, 0.15) is 34.5 Å². The molecule has 184 valence electrons. The van der Waals surface area contributed by atoms with Gasteiger partial charge in [0.1, 0.15) is 17.5 Å². The van der Waals surface area contributed by atoms with Crippen molar-refractivity contribution >= 4 is 35.1 Å². The van der Waals surface area contributed by atoms with Crippen LogP contribution in [0.5, 0.6) is 5.75 Å². The average Bonchev–Trinajstić information content (AvgIpc) is 3.24. The summed E-state index contributed by atoms with van der Waals surface area (Å²) in [6.45, 7) is 1.08. The molecule has 0 atom stereocenters. The highest BCUT2D eigenvalue weighted by atomic mass is 35.5. The zero-order chi connectivity index (χ0) is 25.4. The second-order valence-electron chi connectivity index (χ2n) is 8.80. The van der Waals surface area contributed by atoms with Crippen LogP contribution in [0.2, 0.25) is 10.0 Å². The number of nitriles is 1. The number of rotatable bonds is 5. The van der Waals surface area contributed by atoms with Gasteiger partial charge in [0, 0.05) is 31.0 Å². The molecule has 3 N–H and O–H groups in total. The second-order valence-corrected chi connectivity index (χ2v) is 9.62. The standard InChI is InChI=1S/C25H22Cl2N6O3/c26-19-6-3-15(9-20(19)27)23-22(24(29)34)21-13-32(7-8-33(21)31-23)25(35)30-16-10-18(11-16)36-17-4-1-14(12-28)2-5-17/h1-6,9,16,18H,7-8,10-11,13H2,(H2,29,34)(H,30,35)/t16-,18-. The zero-order valence-electron chi connectivity index (χ0n) is 19.1. The lowest BCUT2D eigenvalue weighted by Gasteiger charge is -2.37. The lowest BCUT2D eigenvalue weighted by Crippen LogP contribution is -2.54. The van der Waals surface area contributed by atoms with Crippen LogP contribution in [0.25, 0.3) is 11.3 Å². The molecule has 1 saturated carbocycles. The number of hydrogen-bond acceptors (Lipinski definition) is 5. The lowest BCUT2D eigenvalue weighted by atomic mass is 9.89. The maximum Gasteiger partial charge on any atom is 0.318 e. The summed E-state index contributed by atoms with van der Waals surface area (Å²) in [6.07, 6.45) is 1.37. The van der Waals surface area contributed by atoms with E-state index in [0.717, 1.165) is 0 Å². The quantitative estimate of drug-likeness (QED) is 0.522. The summed E-state index contributed by atoms with van der Waals surface area (Å²) in [5.41, 5.74) is 8.19. The molecule has 1 aliphatic heterocycles. The lowest BCUT2D eigenvalue weighted by molar-refractivity contribution is 0.0832. The van der Waals surface area contributed by atoms with Gasteiger partial charge in [0.25, 0.3) is 5.91 Å². The molecule has 2 aliphatic rings. The van der Waals surface area contributed by atoms with Crippen LogP contribution in [0.4, 0.5) is 4.79 Å². The molecule has 0 radical (unpaired) electrons. The van der Waals surface area contributed by atoms with E-state index in [1.54, 1.807) is 52.0 Å². The van der Waals surface area contributed by atoms with Gasteiger partial charge in [-0.15, -0.1) is 0 Å². The van der Waals surface area contributed by atoms with Gasteiger partial charge in [0.15, 0.2) is 0 Å². The minimum atomic E-state index is -0.624. The summed E-state index contributed by atoms with van der Waals surface area (Å²) in [4.78, 5) is 27.0. The number of primary amides is 1. The molecule has 1 fully saturated rings. The van der Waals surface area contributed by atoms with Crippen LogP contribution in [0, 0.1) is 11.3 Å². The van der Waals surface area contributed by atoms with E-state index in [0.29, 0.717) is 64.2 Å². The Morgan fingerprint density at radius 2 is 1.86 bits per heavy atom. The zero-order valence-corrected chi connectivity index (χ0v) is 20.6. The van der Waals surface area contributed by atoms with Gasteiger partial charge in [-0.1, -0.05) is 29.3 Å². The van der Waals surface area contributed by atoms with E-state index in [4.69, 9.17) is 38.9 Å². The molecule has 0 bridgehead atoms. The first-order valence-corrected chi connectivity index (χ1v) is 12.1. The van der Waals surface area contributed by atoms with Gasteiger partial charge >= 0.3 is 6.03 Å². The fraction of sp³-hybridized carbons (Fsp3) is 0.280. The smallest absolute Gasteiger partial charge is 0.318 e. The summed E-state index contributed by atoms with van der Waals surface area (Å²) in [7, 11) is 0. The predicted molar refractivity (Wildman–Crippen MR) is 134 cm³/mol. The largest absolute Gasteiger partial charge is 0.490 e. The first-order valence-electron chi connectivity index (χ1n) is 11.4. The highest BCUT2D eigenvalue weighted by molar-refractivity contribution is 6.42. The van der Waals surface area contributed by atoms with Gasteiger partial charge in [-0.05, 0) is 36.4 Å². The van der Waals surface area contributed by atoms with Crippen LogP contribution in [-0.4, -0.2) is 45.3 Å². The normalized spacial score (nSPS) is 18.5. The second kappa shape index (κ2) is 9.72. The Morgan fingerprint density at radius 1 is 1.11 bits per heavy atom. The predicted octanol–water partition coefficient (Wildman–Crippen LogP) is 3.96. The SMILES string of the molecule is N#Cc1ccc(O[C@H]2C[C@H](NC(=O)N3CCn4nc(-c5ccc(Cl)c(Cl)c5)c(C(N)=O)c4C3)C2)cc1. The maximum atomic E-state index is 13.0. The summed E-state index contributed by atoms with van der Waals surface area (Å²) < 4.78 is 7.62. The molecule has 0 unspecified atom stereocenters. The van der Waals surface area contributed by atoms with Crippen molar-refractivity contribution in [1.29, 1.82) is 5.26 Å². The number of carbonyl (C=O) groups excluding carboxylic acids is 2. The van der Waals surface area contributed by atoms with E-state index in [9.17, 15) is 9.59 Å². The Kier molecular flexibility index (Phi) is 6.48. The molecule has 1 aliphatic carbocycles. The summed E-state index contributed by atoms with van der Waals surface area (Å²) in [5.74, 6) is 0.0752. The van der Waals surface area contributed by atoms with E-state index < -0.39 is 5.91 Å². The number of nitrogens with zero attached hydrogens (tertiary/aromatic N) is 4. The number of ether oxygens (including phenoxy) is 1. The summed E-state index contributed by atoms with van der Waals surface area (Å²) in [6, 6.07) is 13.8. The van der Waals surface area contributed by atoms with Gasteiger partial charge < -0.3 is 20.7 Å². The number of nitrogens with one attached hydrogen (secondary N) is 1. The van der Waals surface area contributed by atoms with Crippen LogP contribution in [0.3, 0.4) is 0 Å². The number of urea groups is 1. The van der Waals surface area contributed by atoms with Crippen LogP contribution >= 0.6 is 23.2 Å². The van der Waals surface area contributed by atoms with Gasteiger partial charge in [0.2, 0.25) is 0 Å². The minimum absolute atomic E-state index is 0.00115. The topological polar surface area (TPSA) is 126 Å². The van der Waals surface area contributed by atoms with Gasteiger partial charge in [0.05, 0.1) is 46.0 Å². The third-order valence-electron chi connectivity index (χ3n) is 6.42. The third-order valence-corrected chi connectivity index (χ3v) is 7.15. The Labute approximate surface area is 217 Å². The number of hydrogen-bond donors (Lipinski definition) is 2. The van der Waals surface area contributed by atoms with Crippen molar-refractivity contribution < 1.29 is 14.3 Å². The molecule has 9 nitrogen and oxygen atoms in total. The van der Waals surface area contributed by atoms with Crippen molar-refractivity contribution in [3.05, 3.63) is 69.3 Å². The van der Waals surface area contributed by atoms with Crippen LogP contribution < -0.4 is 15.8 Å². The Balaban J connectivity index is 1.22. The molecule has 3 amide bonds. The Bertz CT molecular complexity index is 1380. The summed E-state index contributed by atoms with van der Waals surface area (Å²) in [5, 5.41) is 17.2. The first-order chi connectivity index (χ1) is 17.3. The molecule has 36 heavy (non-hydrogen) atoms. The first kappa shape index (κ1) is 24.0. The van der Waals surface area contributed by atoms with E-state index in [2.05, 4.69) is 16.5 Å². The van der Waals surface area contributed by atoms with Crippen molar-refractivity contribution in [1.82, 2.24) is 20.0 Å². The molecule has 3 aromatic rings. The molecule has 1 aromatic heterocycles. The molecule has 11 heteroatoms. The average molecular weight is 525 g/mol. The Hall–Kier alpha value is -3.74. The molecular weight excluding hydrogens is 503 g/mol. The van der Waals surface area contributed by atoms with Crippen molar-refractivity contribution in [2.24, 2.45) is 5.73 Å². The highest BCUT2D eigenvalue weighted by Gasteiger charge is 2.35. The minimum Gasteiger partial charge on any atom is -0.490 e. The van der Waals surface area contributed by atoms with E-state index in [1.165, 1.54) is 0 Å². The monoisotopic (exact) mass is 524 g/mol. The van der Waals surface area contributed by atoms with Gasteiger partial charge in [-0.25, -0.2) is 4.79 Å². The molecule has 0 spiro atoms. The Morgan fingerprint density at radius 3 is 2.53 bits per heavy atom. The van der Waals surface area contributed by atoms with Gasteiger partial charge in [-0.2, -0.15) is 10.4 Å². The summed E-state index contributed by atoms with van der Waals surface area (Å²) >= 11 is 12.2. The number of benzene rings is 2.